The lowest BCUT2D eigenvalue weighted by Crippen LogP contribution is -2.40. The summed E-state index contributed by atoms with van der Waals surface area (Å²) in [6.45, 7) is 0.960. The van der Waals surface area contributed by atoms with Crippen LogP contribution in [0.5, 0.6) is 0 Å². The van der Waals surface area contributed by atoms with E-state index in [1.807, 2.05) is 30.5 Å². The predicted octanol–water partition coefficient (Wildman–Crippen LogP) is 2.56. The number of carbonyl (C=O) groups is 2. The van der Waals surface area contributed by atoms with Crippen LogP contribution < -0.4 is 10.2 Å². The number of thioether (sulfide) groups is 1. The van der Waals surface area contributed by atoms with Crippen LogP contribution in [0.25, 0.3) is 0 Å². The molecule has 0 saturated carbocycles. The van der Waals surface area contributed by atoms with Crippen LogP contribution in [0.1, 0.15) is 6.42 Å². The molecule has 0 spiro atoms. The molecule has 2 heterocycles. The van der Waals surface area contributed by atoms with E-state index in [0.29, 0.717) is 0 Å². The van der Waals surface area contributed by atoms with Crippen molar-refractivity contribution in [2.45, 2.75) is 16.2 Å². The van der Waals surface area contributed by atoms with E-state index in [9.17, 15) is 22.4 Å². The molecule has 0 radical (unpaired) electrons. The van der Waals surface area contributed by atoms with Crippen LogP contribution in [0, 0.1) is 11.7 Å². The van der Waals surface area contributed by atoms with Crippen molar-refractivity contribution in [2.24, 2.45) is 5.92 Å². The normalized spacial score (nSPS) is 19.6. The van der Waals surface area contributed by atoms with E-state index >= 15 is 0 Å². The summed E-state index contributed by atoms with van der Waals surface area (Å²) in [4.78, 5) is 27.5. The van der Waals surface area contributed by atoms with E-state index in [1.54, 1.807) is 16.7 Å². The number of morpholine rings is 1. The van der Waals surface area contributed by atoms with Crippen molar-refractivity contribution in [3.05, 3.63) is 48.3 Å². The van der Waals surface area contributed by atoms with Gasteiger partial charge in [-0.3, -0.25) is 9.59 Å². The molecule has 2 saturated heterocycles. The van der Waals surface area contributed by atoms with E-state index < -0.39 is 32.6 Å². The van der Waals surface area contributed by atoms with Gasteiger partial charge in [-0.1, -0.05) is 6.07 Å². The number of nitrogens with one attached hydrogen (secondary N) is 1. The number of carbonyl (C=O) groups excluding carboxylic acids is 2. The zero-order valence-electron chi connectivity index (χ0n) is 18.0. The quantitative estimate of drug-likeness (QED) is 0.622. The fourth-order valence-corrected chi connectivity index (χ4v) is 5.81. The van der Waals surface area contributed by atoms with E-state index in [1.165, 1.54) is 6.07 Å². The molecule has 0 aromatic heterocycles. The average Bonchev–Trinajstić information content (AvgIpc) is 3.22. The fourth-order valence-electron chi connectivity index (χ4n) is 3.86. The summed E-state index contributed by atoms with van der Waals surface area (Å²) in [5.41, 5.74) is 0.881. The van der Waals surface area contributed by atoms with Crippen molar-refractivity contribution in [3.63, 3.8) is 0 Å². The Balaban J connectivity index is 1.49. The van der Waals surface area contributed by atoms with Crippen molar-refractivity contribution in [3.8, 4) is 0 Å². The first-order chi connectivity index (χ1) is 15.8. The largest absolute Gasteiger partial charge is 0.379 e. The van der Waals surface area contributed by atoms with Crippen molar-refractivity contribution in [1.29, 1.82) is 0 Å². The van der Waals surface area contributed by atoms with E-state index in [0.717, 1.165) is 27.0 Å². The summed E-state index contributed by atoms with van der Waals surface area (Å²) >= 11 is 1.56. The molecule has 33 heavy (non-hydrogen) atoms. The summed E-state index contributed by atoms with van der Waals surface area (Å²) < 4.78 is 46.5. The molecule has 1 N–H and O–H groups in total. The van der Waals surface area contributed by atoms with Gasteiger partial charge in [0.25, 0.3) is 0 Å². The third-order valence-corrected chi connectivity index (χ3v) is 8.29. The maximum absolute atomic E-state index is 14.4. The number of hydrogen-bond acceptors (Lipinski definition) is 6. The molecule has 2 aromatic carbocycles. The molecule has 4 rings (SSSR count). The van der Waals surface area contributed by atoms with E-state index in [-0.39, 0.29) is 50.9 Å². The fraction of sp³-hybridized carbons (Fsp3) is 0.364. The number of sulfonamides is 1. The molecule has 176 valence electrons. The number of hydrogen-bond donors (Lipinski definition) is 1. The van der Waals surface area contributed by atoms with Gasteiger partial charge < -0.3 is 15.0 Å². The molecule has 0 bridgehead atoms. The van der Waals surface area contributed by atoms with Gasteiger partial charge in [0.05, 0.1) is 19.1 Å². The van der Waals surface area contributed by atoms with Gasteiger partial charge in [0, 0.05) is 42.3 Å². The van der Waals surface area contributed by atoms with Crippen LogP contribution in [0.4, 0.5) is 15.8 Å². The van der Waals surface area contributed by atoms with Gasteiger partial charge in [0.1, 0.15) is 10.7 Å². The Labute approximate surface area is 196 Å². The third-order valence-electron chi connectivity index (χ3n) is 5.65. The van der Waals surface area contributed by atoms with E-state index in [2.05, 4.69) is 5.32 Å². The number of benzene rings is 2. The lowest BCUT2D eigenvalue weighted by Gasteiger charge is -2.26. The number of anilines is 2. The highest BCUT2D eigenvalue weighted by atomic mass is 32.2. The first kappa shape index (κ1) is 23.7. The zero-order chi connectivity index (χ0) is 23.6. The zero-order valence-corrected chi connectivity index (χ0v) is 19.6. The Kier molecular flexibility index (Phi) is 7.03. The van der Waals surface area contributed by atoms with Gasteiger partial charge in [-0.2, -0.15) is 4.31 Å². The van der Waals surface area contributed by atoms with Gasteiger partial charge in [-0.05, 0) is 42.7 Å². The minimum Gasteiger partial charge on any atom is -0.379 e. The summed E-state index contributed by atoms with van der Waals surface area (Å²) in [5, 5.41) is 2.65. The number of amides is 2. The SMILES string of the molecule is CSc1cccc(N2C[C@@H](C(=O)Nc3ccc(F)c(S(=O)(=O)N4CCOCC4)c3)CC2=O)c1. The van der Waals surface area contributed by atoms with E-state index in [4.69, 9.17) is 4.74 Å². The van der Waals surface area contributed by atoms with Crippen LogP contribution in [-0.4, -0.2) is 63.6 Å². The molecular formula is C22H24FN3O5S2. The van der Waals surface area contributed by atoms with Gasteiger partial charge >= 0.3 is 0 Å². The minimum atomic E-state index is -4.07. The second kappa shape index (κ2) is 9.80. The molecule has 11 heteroatoms. The smallest absolute Gasteiger partial charge is 0.246 e. The predicted molar refractivity (Wildman–Crippen MR) is 123 cm³/mol. The minimum absolute atomic E-state index is 0.0372. The first-order valence-electron chi connectivity index (χ1n) is 10.4. The summed E-state index contributed by atoms with van der Waals surface area (Å²) in [5.74, 6) is -2.09. The Morgan fingerprint density at radius 2 is 1.94 bits per heavy atom. The molecule has 2 aliphatic heterocycles. The van der Waals surface area contributed by atoms with Crippen LogP contribution in [0.3, 0.4) is 0 Å². The molecule has 0 unspecified atom stereocenters. The Bertz CT molecular complexity index is 1170. The molecule has 2 amide bonds. The standard InChI is InChI=1S/C22H24FN3O5S2/c1-32-18-4-2-3-17(13-18)26-14-15(11-21(26)27)22(28)24-16-5-6-19(23)20(12-16)33(29,30)25-7-9-31-10-8-25/h2-6,12-13,15H,7-11,14H2,1H3,(H,24,28)/t15-/m0/s1. The van der Waals surface area contributed by atoms with Crippen LogP contribution in [-0.2, 0) is 24.3 Å². The Morgan fingerprint density at radius 1 is 1.18 bits per heavy atom. The molecule has 1 atom stereocenters. The number of ether oxygens (including phenoxy) is 1. The van der Waals surface area contributed by atoms with Crippen LogP contribution in [0.2, 0.25) is 0 Å². The van der Waals surface area contributed by atoms with Crippen molar-refractivity contribution in [1.82, 2.24) is 4.31 Å². The highest BCUT2D eigenvalue weighted by Crippen LogP contribution is 2.29. The van der Waals surface area contributed by atoms with Crippen molar-refractivity contribution in [2.75, 3.05) is 49.3 Å². The Morgan fingerprint density at radius 3 is 2.67 bits per heavy atom. The maximum atomic E-state index is 14.4. The first-order valence-corrected chi connectivity index (χ1v) is 13.1. The lowest BCUT2D eigenvalue weighted by atomic mass is 10.1. The van der Waals surface area contributed by atoms with Crippen LogP contribution in [0.15, 0.2) is 52.3 Å². The molecule has 2 aliphatic rings. The number of halogens is 1. The highest BCUT2D eigenvalue weighted by molar-refractivity contribution is 7.98. The lowest BCUT2D eigenvalue weighted by molar-refractivity contribution is -0.122. The molecule has 8 nitrogen and oxygen atoms in total. The molecule has 0 aliphatic carbocycles. The third kappa shape index (κ3) is 5.06. The number of nitrogens with zero attached hydrogens (tertiary/aromatic N) is 2. The van der Waals surface area contributed by atoms with Gasteiger partial charge in [-0.15, -0.1) is 11.8 Å². The highest BCUT2D eigenvalue weighted by Gasteiger charge is 2.36. The summed E-state index contributed by atoms with van der Waals surface area (Å²) in [6, 6.07) is 11.0. The molecular weight excluding hydrogens is 469 g/mol. The second-order valence-corrected chi connectivity index (χ2v) is 10.5. The van der Waals surface area contributed by atoms with Gasteiger partial charge in [0.2, 0.25) is 21.8 Å². The maximum Gasteiger partial charge on any atom is 0.246 e. The van der Waals surface area contributed by atoms with Gasteiger partial charge in [0.15, 0.2) is 0 Å². The monoisotopic (exact) mass is 493 g/mol. The number of rotatable bonds is 6. The molecule has 2 fully saturated rings. The Hall–Kier alpha value is -2.47. The second-order valence-electron chi connectivity index (χ2n) is 7.76. The van der Waals surface area contributed by atoms with Crippen molar-refractivity contribution >= 4 is 45.0 Å². The summed E-state index contributed by atoms with van der Waals surface area (Å²) in [6.07, 6.45) is 1.98. The molecule has 2 aromatic rings. The summed E-state index contributed by atoms with van der Waals surface area (Å²) in [7, 11) is -4.07. The average molecular weight is 494 g/mol. The van der Waals surface area contributed by atoms with Crippen molar-refractivity contribution < 1.29 is 27.1 Å². The van der Waals surface area contributed by atoms with Gasteiger partial charge in [-0.25, -0.2) is 12.8 Å². The topological polar surface area (TPSA) is 96.0 Å². The van der Waals surface area contributed by atoms with Crippen LogP contribution >= 0.6 is 11.8 Å².